The molecule has 0 bridgehead atoms. The molecule has 2 rings (SSSR count). The van der Waals surface area contributed by atoms with E-state index in [2.05, 4.69) is 34.1 Å². The average molecular weight is 367 g/mol. The minimum atomic E-state index is 0.158. The van der Waals surface area contributed by atoms with Gasteiger partial charge in [-0.25, -0.2) is 4.36 Å². The van der Waals surface area contributed by atoms with Crippen LogP contribution >= 0.6 is 0 Å². The van der Waals surface area contributed by atoms with Crippen molar-refractivity contribution in [3.63, 3.8) is 0 Å². The molecule has 0 aliphatic rings. The highest BCUT2D eigenvalue weighted by atomic mass is 32.2. The average Bonchev–Trinajstić information content (AvgIpc) is 2.60. The summed E-state index contributed by atoms with van der Waals surface area (Å²) in [5.74, 6) is 0. The molecule has 0 amide bonds. The van der Waals surface area contributed by atoms with Crippen molar-refractivity contribution in [1.82, 2.24) is 0 Å². The summed E-state index contributed by atoms with van der Waals surface area (Å²) in [5.41, 5.74) is 2.16. The molecule has 0 radical (unpaired) electrons. The molecule has 0 saturated carbocycles. The standard InChI is InChI=1S/2C8H11NS.2C2H6/c2*1-10(2)9-8-6-4-3-5-7-8;2*1-2/h2*3-7H,1-2H3;2*1-2H3. The summed E-state index contributed by atoms with van der Waals surface area (Å²) in [6.45, 7) is 8.00. The summed E-state index contributed by atoms with van der Waals surface area (Å²) >= 11 is 0.158. The number of nitrogens with zero attached hydrogens (tertiary/aromatic N) is 2. The molecular formula is C20H34N2S2. The molecule has 0 aliphatic heterocycles. The van der Waals surface area contributed by atoms with E-state index in [1.807, 2.05) is 88.4 Å². The van der Waals surface area contributed by atoms with Gasteiger partial charge in [0, 0.05) is 0 Å². The molecule has 0 spiro atoms. The van der Waals surface area contributed by atoms with Crippen LogP contribution in [0.5, 0.6) is 0 Å². The first-order valence-corrected chi connectivity index (χ1v) is 12.3. The Bertz CT molecular complexity index is 508. The highest BCUT2D eigenvalue weighted by Gasteiger charge is 1.85. The van der Waals surface area contributed by atoms with E-state index in [9.17, 15) is 0 Å². The lowest BCUT2D eigenvalue weighted by Gasteiger charge is -2.14. The van der Waals surface area contributed by atoms with Crippen LogP contribution in [-0.2, 0) is 21.8 Å². The van der Waals surface area contributed by atoms with E-state index in [4.69, 9.17) is 0 Å². The third kappa shape index (κ3) is 15.6. The number of hydrogen-bond donors (Lipinski definition) is 0. The van der Waals surface area contributed by atoms with Crippen molar-refractivity contribution in [1.29, 1.82) is 0 Å². The first-order chi connectivity index (χ1) is 11.6. The maximum absolute atomic E-state index is 4.39. The van der Waals surface area contributed by atoms with Crippen molar-refractivity contribution in [2.75, 3.05) is 25.0 Å². The third-order valence-corrected chi connectivity index (χ3v) is 3.24. The zero-order valence-corrected chi connectivity index (χ0v) is 18.1. The van der Waals surface area contributed by atoms with Gasteiger partial charge in [0.05, 0.1) is 18.2 Å². The molecule has 136 valence electrons. The van der Waals surface area contributed by atoms with E-state index in [0.717, 1.165) is 11.4 Å². The lowest BCUT2D eigenvalue weighted by atomic mass is 10.3. The Kier molecular flexibility index (Phi) is 18.8. The molecule has 0 N–H and O–H groups in total. The van der Waals surface area contributed by atoms with Crippen molar-refractivity contribution in [2.24, 2.45) is 4.36 Å². The Labute approximate surface area is 155 Å². The van der Waals surface area contributed by atoms with Gasteiger partial charge in [-0.05, 0) is 24.6 Å². The molecule has 0 unspecified atom stereocenters. The summed E-state index contributed by atoms with van der Waals surface area (Å²) in [5, 5.41) is 0. The summed E-state index contributed by atoms with van der Waals surface area (Å²) in [6.07, 6.45) is 8.42. The Morgan fingerprint density at radius 2 is 1.17 bits per heavy atom. The highest BCUT2D eigenvalue weighted by molar-refractivity contribution is 7.98. The normalized spacial score (nSPS) is 8.75. The summed E-state index contributed by atoms with van der Waals surface area (Å²) in [6, 6.07) is 20.1. The minimum absolute atomic E-state index is 0.158. The molecule has 0 fully saturated rings. The molecule has 0 aliphatic carbocycles. The van der Waals surface area contributed by atoms with Crippen LogP contribution in [0.2, 0.25) is 0 Å². The van der Waals surface area contributed by atoms with E-state index in [0.29, 0.717) is 0 Å². The van der Waals surface area contributed by atoms with Gasteiger partial charge in [0.2, 0.25) is 0 Å². The van der Waals surface area contributed by atoms with Crippen LogP contribution in [0.4, 0.5) is 11.4 Å². The van der Waals surface area contributed by atoms with Crippen LogP contribution in [0, 0.1) is 0 Å². The molecule has 0 aromatic heterocycles. The predicted octanol–water partition coefficient (Wildman–Crippen LogP) is 6.92. The fourth-order valence-corrected chi connectivity index (χ4v) is 2.49. The van der Waals surface area contributed by atoms with E-state index >= 15 is 0 Å². The fourth-order valence-electron chi connectivity index (χ4n) is 1.40. The zero-order chi connectivity index (χ0) is 18.8. The molecule has 2 nitrogen and oxygen atoms in total. The van der Waals surface area contributed by atoms with Crippen LogP contribution in [0.3, 0.4) is 0 Å². The van der Waals surface area contributed by atoms with Gasteiger partial charge in [-0.1, -0.05) is 87.3 Å². The minimum Gasteiger partial charge on any atom is -0.463 e. The lowest BCUT2D eigenvalue weighted by Crippen LogP contribution is -1.87. The van der Waals surface area contributed by atoms with Crippen molar-refractivity contribution >= 4 is 33.1 Å². The van der Waals surface area contributed by atoms with Crippen LogP contribution < -0.4 is 0 Å². The van der Waals surface area contributed by atoms with Gasteiger partial charge in [0.25, 0.3) is 0 Å². The van der Waals surface area contributed by atoms with Gasteiger partial charge in [-0.15, -0.1) is 16.4 Å². The predicted molar refractivity (Wildman–Crippen MR) is 119 cm³/mol. The Morgan fingerprint density at radius 1 is 0.750 bits per heavy atom. The number of hydrogen-bond acceptors (Lipinski definition) is 1. The summed E-state index contributed by atoms with van der Waals surface area (Å²) < 4.78 is 8.77. The second-order valence-electron chi connectivity index (χ2n) is 4.40. The lowest BCUT2D eigenvalue weighted by molar-refractivity contribution is 1.50. The Balaban J connectivity index is 0. The summed E-state index contributed by atoms with van der Waals surface area (Å²) in [7, 11) is 0.158. The monoisotopic (exact) mass is 366 g/mol. The fraction of sp³-hybridized carbons (Fsp3) is 0.400. The SMILES string of the molecule is CC.CC.CS(C)=Nc1ccccc1.C[S+](C)[N-]c1ccccc1. The molecule has 24 heavy (non-hydrogen) atoms. The zero-order valence-electron chi connectivity index (χ0n) is 16.5. The second-order valence-corrected chi connectivity index (χ2v) is 7.86. The van der Waals surface area contributed by atoms with Crippen LogP contribution in [-0.4, -0.2) is 25.0 Å². The third-order valence-electron chi connectivity index (χ3n) is 2.09. The van der Waals surface area contributed by atoms with Gasteiger partial charge < -0.3 is 4.72 Å². The van der Waals surface area contributed by atoms with Gasteiger partial charge in [0.15, 0.2) is 0 Å². The van der Waals surface area contributed by atoms with Gasteiger partial charge in [-0.2, -0.15) is 0 Å². The second kappa shape index (κ2) is 18.1. The van der Waals surface area contributed by atoms with E-state index in [1.165, 1.54) is 0 Å². The van der Waals surface area contributed by atoms with Crippen LogP contribution in [0.25, 0.3) is 4.72 Å². The van der Waals surface area contributed by atoms with Crippen molar-refractivity contribution < 1.29 is 0 Å². The maximum atomic E-state index is 4.39. The first kappa shape index (κ1) is 25.0. The van der Waals surface area contributed by atoms with Crippen LogP contribution in [0.15, 0.2) is 65.0 Å². The quantitative estimate of drug-likeness (QED) is 0.527. The summed E-state index contributed by atoms with van der Waals surface area (Å²) in [4.78, 5) is 0. The molecule has 2 aromatic carbocycles. The van der Waals surface area contributed by atoms with Crippen molar-refractivity contribution in [3.8, 4) is 0 Å². The van der Waals surface area contributed by atoms with Crippen molar-refractivity contribution in [2.45, 2.75) is 27.7 Å². The molecule has 4 heteroatoms. The number of benzene rings is 2. The molecular weight excluding hydrogens is 332 g/mol. The smallest absolute Gasteiger partial charge is 0.0895 e. The Morgan fingerprint density at radius 3 is 1.54 bits per heavy atom. The topological polar surface area (TPSA) is 26.5 Å². The number of rotatable bonds is 3. The first-order valence-electron chi connectivity index (χ1n) is 8.27. The van der Waals surface area contributed by atoms with Crippen molar-refractivity contribution in [3.05, 3.63) is 65.4 Å². The largest absolute Gasteiger partial charge is 0.463 e. The molecule has 0 saturated heterocycles. The molecule has 0 heterocycles. The highest BCUT2D eigenvalue weighted by Crippen LogP contribution is 2.19. The molecule has 2 aromatic rings. The van der Waals surface area contributed by atoms with Gasteiger partial charge >= 0.3 is 0 Å². The van der Waals surface area contributed by atoms with E-state index in [1.54, 1.807) is 0 Å². The van der Waals surface area contributed by atoms with Gasteiger partial charge in [-0.3, -0.25) is 0 Å². The van der Waals surface area contributed by atoms with Gasteiger partial charge in [0.1, 0.15) is 0 Å². The Hall–Kier alpha value is -1.26. The van der Waals surface area contributed by atoms with E-state index < -0.39 is 0 Å². The molecule has 0 atom stereocenters. The van der Waals surface area contributed by atoms with Crippen LogP contribution in [0.1, 0.15) is 27.7 Å². The maximum Gasteiger partial charge on any atom is 0.0895 e. The van der Waals surface area contributed by atoms with E-state index in [-0.39, 0.29) is 21.8 Å².